The summed E-state index contributed by atoms with van der Waals surface area (Å²) in [7, 11) is 0. The summed E-state index contributed by atoms with van der Waals surface area (Å²) in [6.07, 6.45) is 1.59. The third kappa shape index (κ3) is 4.17. The van der Waals surface area contributed by atoms with Crippen molar-refractivity contribution in [3.8, 4) is 11.5 Å². The fourth-order valence-electron chi connectivity index (χ4n) is 2.35. The minimum absolute atomic E-state index is 0.145. The highest BCUT2D eigenvalue weighted by Gasteiger charge is 2.15. The van der Waals surface area contributed by atoms with Crippen molar-refractivity contribution in [2.24, 2.45) is 0 Å². The Labute approximate surface area is 145 Å². The topological polar surface area (TPSA) is 76.7 Å². The largest absolute Gasteiger partial charge is 0.454 e. The van der Waals surface area contributed by atoms with Gasteiger partial charge in [0.2, 0.25) is 12.7 Å². The van der Waals surface area contributed by atoms with Crippen LogP contribution in [0.25, 0.3) is 6.08 Å². The summed E-state index contributed by atoms with van der Waals surface area (Å²) in [5.41, 5.74) is 2.60. The first-order chi connectivity index (χ1) is 12.0. The van der Waals surface area contributed by atoms with Gasteiger partial charge in [0, 0.05) is 12.6 Å². The van der Waals surface area contributed by atoms with Crippen LogP contribution in [0.5, 0.6) is 11.5 Å². The molecule has 0 radical (unpaired) electrons. The molecule has 0 aliphatic carbocycles. The van der Waals surface area contributed by atoms with Crippen LogP contribution in [0.3, 0.4) is 0 Å². The second-order valence-electron chi connectivity index (χ2n) is 5.67. The van der Waals surface area contributed by atoms with Gasteiger partial charge in [-0.15, -0.1) is 0 Å². The van der Waals surface area contributed by atoms with Crippen LogP contribution < -0.4 is 20.1 Å². The zero-order chi connectivity index (χ0) is 17.8. The fraction of sp³-hybridized carbons (Fsp3) is 0.158. The van der Waals surface area contributed by atoms with E-state index in [0.29, 0.717) is 22.7 Å². The zero-order valence-electron chi connectivity index (χ0n) is 14.0. The van der Waals surface area contributed by atoms with Crippen molar-refractivity contribution in [1.82, 2.24) is 5.32 Å². The van der Waals surface area contributed by atoms with Gasteiger partial charge in [0.1, 0.15) is 5.70 Å². The Morgan fingerprint density at radius 1 is 1.04 bits per heavy atom. The molecule has 0 saturated carbocycles. The Morgan fingerprint density at radius 2 is 1.76 bits per heavy atom. The van der Waals surface area contributed by atoms with E-state index in [2.05, 4.69) is 10.6 Å². The molecule has 0 fully saturated rings. The Morgan fingerprint density at radius 3 is 2.48 bits per heavy atom. The molecule has 1 heterocycles. The maximum absolute atomic E-state index is 12.5. The lowest BCUT2D eigenvalue weighted by Gasteiger charge is -2.10. The van der Waals surface area contributed by atoms with Crippen molar-refractivity contribution in [3.63, 3.8) is 0 Å². The number of carbonyl (C=O) groups is 2. The quantitative estimate of drug-likeness (QED) is 0.841. The number of benzene rings is 2. The highest BCUT2D eigenvalue weighted by Crippen LogP contribution is 2.33. The molecule has 0 saturated heterocycles. The molecule has 6 heteroatoms. The van der Waals surface area contributed by atoms with E-state index in [1.54, 1.807) is 36.4 Å². The van der Waals surface area contributed by atoms with E-state index in [1.807, 2.05) is 19.1 Å². The molecule has 3 rings (SSSR count). The van der Waals surface area contributed by atoms with Gasteiger partial charge in [0.05, 0.1) is 0 Å². The first-order valence-electron chi connectivity index (χ1n) is 7.78. The van der Waals surface area contributed by atoms with E-state index in [9.17, 15) is 9.59 Å². The first kappa shape index (κ1) is 16.6. The predicted octanol–water partition coefficient (Wildman–Crippen LogP) is 2.84. The summed E-state index contributed by atoms with van der Waals surface area (Å²) >= 11 is 0. The van der Waals surface area contributed by atoms with Crippen LogP contribution in [0.1, 0.15) is 18.1 Å². The van der Waals surface area contributed by atoms with Crippen LogP contribution in [-0.4, -0.2) is 18.6 Å². The number of aryl methyl sites for hydroxylation is 1. The number of hydrogen-bond donors (Lipinski definition) is 2. The molecule has 2 aromatic rings. The second-order valence-corrected chi connectivity index (χ2v) is 5.67. The van der Waals surface area contributed by atoms with E-state index in [0.717, 1.165) is 5.56 Å². The Bertz CT molecular complexity index is 841. The summed E-state index contributed by atoms with van der Waals surface area (Å²) in [5, 5.41) is 5.33. The molecule has 128 valence electrons. The van der Waals surface area contributed by atoms with Gasteiger partial charge < -0.3 is 20.1 Å². The first-order valence-corrected chi connectivity index (χ1v) is 7.78. The minimum Gasteiger partial charge on any atom is -0.454 e. The molecule has 0 bridgehead atoms. The van der Waals surface area contributed by atoms with Gasteiger partial charge in [-0.3, -0.25) is 9.59 Å². The summed E-state index contributed by atoms with van der Waals surface area (Å²) in [5.74, 6) is 0.528. The molecular formula is C19H18N2O4. The molecule has 6 nitrogen and oxygen atoms in total. The molecule has 25 heavy (non-hydrogen) atoms. The molecule has 0 unspecified atom stereocenters. The third-order valence-corrected chi connectivity index (χ3v) is 3.57. The van der Waals surface area contributed by atoms with Crippen LogP contribution in [0.2, 0.25) is 0 Å². The van der Waals surface area contributed by atoms with Crippen molar-refractivity contribution < 1.29 is 19.1 Å². The van der Waals surface area contributed by atoms with Gasteiger partial charge in [-0.05, 0) is 42.8 Å². The lowest BCUT2D eigenvalue weighted by atomic mass is 10.1. The van der Waals surface area contributed by atoms with Crippen molar-refractivity contribution in [2.45, 2.75) is 13.8 Å². The maximum Gasteiger partial charge on any atom is 0.272 e. The van der Waals surface area contributed by atoms with Gasteiger partial charge in [0.25, 0.3) is 5.91 Å². The van der Waals surface area contributed by atoms with Crippen LogP contribution >= 0.6 is 0 Å². The summed E-state index contributed by atoms with van der Waals surface area (Å²) in [6, 6.07) is 12.7. The van der Waals surface area contributed by atoms with Crippen molar-refractivity contribution in [1.29, 1.82) is 0 Å². The van der Waals surface area contributed by atoms with Gasteiger partial charge >= 0.3 is 0 Å². The third-order valence-electron chi connectivity index (χ3n) is 3.57. The van der Waals surface area contributed by atoms with Crippen LogP contribution in [-0.2, 0) is 9.59 Å². The van der Waals surface area contributed by atoms with E-state index in [1.165, 1.54) is 6.92 Å². The van der Waals surface area contributed by atoms with Crippen LogP contribution in [0.15, 0.2) is 48.2 Å². The molecule has 2 aromatic carbocycles. The molecule has 2 amide bonds. The van der Waals surface area contributed by atoms with Gasteiger partial charge in [0.15, 0.2) is 11.5 Å². The number of nitrogens with one attached hydrogen (secondary N) is 2. The van der Waals surface area contributed by atoms with E-state index in [4.69, 9.17) is 9.47 Å². The zero-order valence-corrected chi connectivity index (χ0v) is 14.0. The monoisotopic (exact) mass is 338 g/mol. The number of amides is 2. The average molecular weight is 338 g/mol. The highest BCUT2D eigenvalue weighted by molar-refractivity contribution is 6.08. The summed E-state index contributed by atoms with van der Waals surface area (Å²) in [6.45, 7) is 3.50. The molecule has 0 aromatic heterocycles. The fourth-order valence-corrected chi connectivity index (χ4v) is 2.35. The van der Waals surface area contributed by atoms with E-state index < -0.39 is 5.91 Å². The second kappa shape index (κ2) is 7.09. The molecule has 1 aliphatic heterocycles. The molecule has 2 N–H and O–H groups in total. The number of ether oxygens (including phenoxy) is 2. The number of hydrogen-bond acceptors (Lipinski definition) is 4. The van der Waals surface area contributed by atoms with Crippen LogP contribution in [0, 0.1) is 6.92 Å². The van der Waals surface area contributed by atoms with E-state index in [-0.39, 0.29) is 18.4 Å². The molecule has 0 atom stereocenters. The minimum atomic E-state index is -0.406. The molecule has 1 aliphatic rings. The number of rotatable bonds is 4. The van der Waals surface area contributed by atoms with Gasteiger partial charge in [-0.2, -0.15) is 0 Å². The Kier molecular flexibility index (Phi) is 4.70. The Balaban J connectivity index is 1.84. The van der Waals surface area contributed by atoms with Crippen molar-refractivity contribution in [2.75, 3.05) is 12.1 Å². The Hall–Kier alpha value is -3.28. The van der Waals surface area contributed by atoms with Gasteiger partial charge in [-0.1, -0.05) is 23.8 Å². The number of fused-ring (bicyclic) bond motifs is 1. The SMILES string of the molecule is CC(=O)N/C(=C/c1ccc2c(c1)OCO2)C(=O)Nc1ccc(C)cc1. The predicted molar refractivity (Wildman–Crippen MR) is 94.2 cm³/mol. The smallest absolute Gasteiger partial charge is 0.272 e. The highest BCUT2D eigenvalue weighted by atomic mass is 16.7. The van der Waals surface area contributed by atoms with Crippen LogP contribution in [0.4, 0.5) is 5.69 Å². The average Bonchev–Trinajstić information content (AvgIpc) is 3.03. The molecular weight excluding hydrogens is 320 g/mol. The van der Waals surface area contributed by atoms with Gasteiger partial charge in [-0.25, -0.2) is 0 Å². The molecule has 0 spiro atoms. The number of carbonyl (C=O) groups excluding carboxylic acids is 2. The standard InChI is InChI=1S/C19H18N2O4/c1-12-3-6-15(7-4-12)21-19(23)16(20-13(2)22)9-14-5-8-17-18(10-14)25-11-24-17/h3-10H,11H2,1-2H3,(H,20,22)(H,21,23)/b16-9+. The maximum atomic E-state index is 12.5. The lowest BCUT2D eigenvalue weighted by molar-refractivity contribution is -0.120. The lowest BCUT2D eigenvalue weighted by Crippen LogP contribution is -2.28. The normalized spacial score (nSPS) is 12.6. The summed E-state index contributed by atoms with van der Waals surface area (Å²) in [4.78, 5) is 24.0. The number of anilines is 1. The van der Waals surface area contributed by atoms with Crippen molar-refractivity contribution >= 4 is 23.6 Å². The van der Waals surface area contributed by atoms with E-state index >= 15 is 0 Å². The van der Waals surface area contributed by atoms with Crippen molar-refractivity contribution in [3.05, 3.63) is 59.3 Å². The summed E-state index contributed by atoms with van der Waals surface area (Å²) < 4.78 is 10.6.